The highest BCUT2D eigenvalue weighted by atomic mass is 32.2. The number of fused-ring (bicyclic) bond motifs is 1. The molecule has 180 valence electrons. The number of nitrogens with one attached hydrogen (secondary N) is 1. The summed E-state index contributed by atoms with van der Waals surface area (Å²) >= 11 is 1.76. The first-order valence-corrected chi connectivity index (χ1v) is 12.9. The summed E-state index contributed by atoms with van der Waals surface area (Å²) in [6, 6.07) is 4.14. The summed E-state index contributed by atoms with van der Waals surface area (Å²) in [6.45, 7) is 8.02. The van der Waals surface area contributed by atoms with Crippen molar-refractivity contribution in [1.29, 1.82) is 0 Å². The molecule has 0 aromatic carbocycles. The fraction of sp³-hybridized carbons (Fsp3) is 0.458. The lowest BCUT2D eigenvalue weighted by molar-refractivity contribution is -0.127. The highest BCUT2D eigenvalue weighted by molar-refractivity contribution is 7.98. The summed E-state index contributed by atoms with van der Waals surface area (Å²) in [6.07, 6.45) is 10.0. The molecule has 0 amide bonds. The van der Waals surface area contributed by atoms with Gasteiger partial charge in [-0.3, -0.25) is 4.68 Å². The average molecular weight is 490 g/mol. The van der Waals surface area contributed by atoms with Gasteiger partial charge >= 0.3 is 0 Å². The van der Waals surface area contributed by atoms with Crippen molar-refractivity contribution >= 4 is 40.3 Å². The predicted molar refractivity (Wildman–Crippen MR) is 136 cm³/mol. The normalized spacial score (nSPS) is 18.8. The quantitative estimate of drug-likeness (QED) is 0.414. The van der Waals surface area contributed by atoms with E-state index in [1.807, 2.05) is 28.7 Å². The highest BCUT2D eigenvalue weighted by Crippen LogP contribution is 2.42. The lowest BCUT2D eigenvalue weighted by Crippen LogP contribution is -2.66. The Kier molecular flexibility index (Phi) is 4.78. The van der Waals surface area contributed by atoms with Crippen LogP contribution in [0.25, 0.3) is 22.3 Å². The van der Waals surface area contributed by atoms with Crippen LogP contribution in [0.2, 0.25) is 0 Å². The molecule has 6 heterocycles. The molecule has 35 heavy (non-hydrogen) atoms. The minimum absolute atomic E-state index is 0.236. The molecular weight excluding hydrogens is 462 g/mol. The van der Waals surface area contributed by atoms with E-state index in [2.05, 4.69) is 44.9 Å². The molecule has 4 aromatic rings. The van der Waals surface area contributed by atoms with Gasteiger partial charge in [-0.05, 0) is 44.7 Å². The van der Waals surface area contributed by atoms with Gasteiger partial charge in [0, 0.05) is 49.0 Å². The van der Waals surface area contributed by atoms with Crippen LogP contribution in [0, 0.1) is 5.41 Å². The van der Waals surface area contributed by atoms with Crippen LogP contribution in [-0.2, 0) is 4.74 Å². The van der Waals surface area contributed by atoms with Crippen molar-refractivity contribution in [2.24, 2.45) is 5.41 Å². The summed E-state index contributed by atoms with van der Waals surface area (Å²) in [4.78, 5) is 16.2. The van der Waals surface area contributed by atoms with Gasteiger partial charge in [-0.25, -0.2) is 19.0 Å². The number of pyridine rings is 1. The fourth-order valence-corrected chi connectivity index (χ4v) is 5.63. The molecule has 1 spiro atoms. The number of hydrogen-bond donors (Lipinski definition) is 1. The molecule has 0 unspecified atom stereocenters. The number of hydrogen-bond acceptors (Lipinski definition) is 9. The van der Waals surface area contributed by atoms with Crippen molar-refractivity contribution in [1.82, 2.24) is 33.9 Å². The number of aromatic nitrogens is 7. The number of anilines is 3. The van der Waals surface area contributed by atoms with E-state index in [4.69, 9.17) is 19.8 Å². The number of nitrogens with zero attached hydrogens (tertiary/aromatic N) is 8. The molecule has 4 aromatic heterocycles. The molecule has 1 N–H and O–H groups in total. The van der Waals surface area contributed by atoms with Gasteiger partial charge in [0.05, 0.1) is 41.3 Å². The topological polar surface area (TPSA) is 98.8 Å². The molecule has 1 aliphatic carbocycles. The maximum Gasteiger partial charge on any atom is 0.164 e. The largest absolute Gasteiger partial charge is 0.380 e. The van der Waals surface area contributed by atoms with Crippen LogP contribution in [0.1, 0.15) is 32.7 Å². The van der Waals surface area contributed by atoms with Gasteiger partial charge in [0.15, 0.2) is 11.6 Å². The smallest absolute Gasteiger partial charge is 0.164 e. The third-order valence-electron chi connectivity index (χ3n) is 6.74. The van der Waals surface area contributed by atoms with E-state index >= 15 is 0 Å². The van der Waals surface area contributed by atoms with Gasteiger partial charge in [-0.1, -0.05) is 0 Å². The average Bonchev–Trinajstić information content (AvgIpc) is 3.34. The first-order valence-electron chi connectivity index (χ1n) is 12.1. The molecule has 2 aliphatic heterocycles. The van der Waals surface area contributed by atoms with Crippen molar-refractivity contribution in [3.05, 3.63) is 36.9 Å². The van der Waals surface area contributed by atoms with Gasteiger partial charge in [0.25, 0.3) is 0 Å². The minimum atomic E-state index is 0.236. The van der Waals surface area contributed by atoms with Gasteiger partial charge < -0.3 is 15.0 Å². The SMILES string of the molecule is CC(C)n1nc(N2CC3(COC3)C2)c2cnc(Nc3ccnc(-c4cnn(SC5CC5)c4)n3)cc21. The second kappa shape index (κ2) is 7.92. The Morgan fingerprint density at radius 2 is 2.00 bits per heavy atom. The summed E-state index contributed by atoms with van der Waals surface area (Å²) in [5.41, 5.74) is 2.29. The molecule has 3 fully saturated rings. The molecule has 10 nitrogen and oxygen atoms in total. The van der Waals surface area contributed by atoms with Gasteiger partial charge in [-0.2, -0.15) is 10.2 Å². The van der Waals surface area contributed by atoms with Gasteiger partial charge in [0.2, 0.25) is 0 Å². The second-order valence-electron chi connectivity index (χ2n) is 10.1. The van der Waals surface area contributed by atoms with Gasteiger partial charge in [0.1, 0.15) is 11.6 Å². The van der Waals surface area contributed by atoms with Crippen LogP contribution in [0.5, 0.6) is 0 Å². The summed E-state index contributed by atoms with van der Waals surface area (Å²) in [5.74, 6) is 3.06. The Morgan fingerprint density at radius 1 is 1.14 bits per heavy atom. The number of rotatable bonds is 7. The van der Waals surface area contributed by atoms with E-state index in [9.17, 15) is 0 Å². The zero-order valence-corrected chi connectivity index (χ0v) is 20.6. The first-order chi connectivity index (χ1) is 17.1. The monoisotopic (exact) mass is 489 g/mol. The predicted octanol–water partition coefficient (Wildman–Crippen LogP) is 3.90. The standard InChI is InChI=1S/C24H27N9OS/c1-15(2)33-19-7-21(26-9-18(19)23(30-33)31-11-24(12-31)13-34-14-24)28-20-5-6-25-22(29-20)16-8-27-32(10-16)35-17-3-4-17/h5-10,15,17H,3-4,11-14H2,1-2H3,(H,25,26,28,29). The third-order valence-corrected chi connectivity index (χ3v) is 7.93. The van der Waals surface area contributed by atoms with Crippen molar-refractivity contribution in [3.63, 3.8) is 0 Å². The zero-order valence-electron chi connectivity index (χ0n) is 19.8. The summed E-state index contributed by atoms with van der Waals surface area (Å²) in [5, 5.41) is 14.5. The van der Waals surface area contributed by atoms with E-state index < -0.39 is 0 Å². The van der Waals surface area contributed by atoms with Crippen LogP contribution in [0.15, 0.2) is 36.9 Å². The maximum absolute atomic E-state index is 5.43. The van der Waals surface area contributed by atoms with E-state index in [-0.39, 0.29) is 6.04 Å². The maximum atomic E-state index is 5.43. The Hall–Kier alpha value is -3.18. The number of ether oxygens (including phenoxy) is 1. The van der Waals surface area contributed by atoms with E-state index in [0.29, 0.717) is 22.3 Å². The van der Waals surface area contributed by atoms with Crippen LogP contribution >= 0.6 is 11.9 Å². The molecule has 7 rings (SSSR count). The Labute approximate surface area is 207 Å². The second-order valence-corrected chi connectivity index (χ2v) is 11.4. The minimum Gasteiger partial charge on any atom is -0.380 e. The van der Waals surface area contributed by atoms with Crippen molar-refractivity contribution in [2.45, 2.75) is 38.0 Å². The summed E-state index contributed by atoms with van der Waals surface area (Å²) < 4.78 is 9.43. The zero-order chi connectivity index (χ0) is 23.6. The third kappa shape index (κ3) is 3.82. The van der Waals surface area contributed by atoms with Gasteiger partial charge in [-0.15, -0.1) is 0 Å². The van der Waals surface area contributed by atoms with Crippen molar-refractivity contribution in [3.8, 4) is 11.4 Å². The van der Waals surface area contributed by atoms with Crippen LogP contribution in [0.4, 0.5) is 17.5 Å². The molecule has 0 radical (unpaired) electrons. The van der Waals surface area contributed by atoms with E-state index in [1.165, 1.54) is 12.8 Å². The van der Waals surface area contributed by atoms with Crippen LogP contribution < -0.4 is 10.2 Å². The summed E-state index contributed by atoms with van der Waals surface area (Å²) in [7, 11) is 0. The molecular formula is C24H27N9OS. The van der Waals surface area contributed by atoms with Crippen LogP contribution in [0.3, 0.4) is 0 Å². The molecule has 0 atom stereocenters. The Balaban J connectivity index is 1.14. The fourth-order valence-electron chi connectivity index (χ4n) is 4.70. The molecule has 1 saturated carbocycles. The first kappa shape index (κ1) is 21.1. The van der Waals surface area contributed by atoms with Crippen LogP contribution in [-0.4, -0.2) is 65.5 Å². The molecule has 0 bridgehead atoms. The Bertz CT molecular complexity index is 1400. The Morgan fingerprint density at radius 3 is 2.74 bits per heavy atom. The van der Waals surface area contributed by atoms with Crippen molar-refractivity contribution < 1.29 is 4.74 Å². The molecule has 11 heteroatoms. The molecule has 2 saturated heterocycles. The lowest BCUT2D eigenvalue weighted by Gasteiger charge is -2.55. The van der Waals surface area contributed by atoms with E-state index in [1.54, 1.807) is 18.1 Å². The molecule has 3 aliphatic rings. The van der Waals surface area contributed by atoms with Crippen molar-refractivity contribution in [2.75, 3.05) is 36.5 Å². The van der Waals surface area contributed by atoms with E-state index in [0.717, 1.165) is 54.4 Å². The lowest BCUT2D eigenvalue weighted by atomic mass is 9.78. The highest BCUT2D eigenvalue weighted by Gasteiger charge is 2.50.